The summed E-state index contributed by atoms with van der Waals surface area (Å²) in [6.45, 7) is 15.0. The fourth-order valence-corrected chi connectivity index (χ4v) is 3.15. The van der Waals surface area contributed by atoms with Gasteiger partial charge < -0.3 is 15.0 Å². The topological polar surface area (TPSA) is 58.6 Å². The van der Waals surface area contributed by atoms with Gasteiger partial charge >= 0.3 is 0 Å². The minimum absolute atomic E-state index is 0.0105. The fourth-order valence-electron chi connectivity index (χ4n) is 3.15. The minimum Gasteiger partial charge on any atom is -0.497 e. The van der Waals surface area contributed by atoms with Crippen LogP contribution in [0, 0.1) is 10.8 Å². The van der Waals surface area contributed by atoms with Crippen molar-refractivity contribution in [3.63, 3.8) is 0 Å². The van der Waals surface area contributed by atoms with E-state index < -0.39 is 5.67 Å². The number of likely N-dealkylation sites (tertiary alicyclic amines) is 1. The molecule has 0 aliphatic carbocycles. The Morgan fingerprint density at radius 3 is 1.90 bits per heavy atom. The second kappa shape index (κ2) is 11.0. The Hall–Kier alpha value is -2.11. The number of alkyl halides is 1. The highest BCUT2D eigenvalue weighted by molar-refractivity contribution is 5.91. The first-order chi connectivity index (χ1) is 14.1. The Bertz CT molecular complexity index is 706. The zero-order valence-corrected chi connectivity index (χ0v) is 20.6. The van der Waals surface area contributed by atoms with E-state index in [-0.39, 0.29) is 22.6 Å². The largest absolute Gasteiger partial charge is 0.497 e. The van der Waals surface area contributed by atoms with Gasteiger partial charge in [-0.15, -0.1) is 0 Å². The fraction of sp³-hybridized carbons (Fsp3) is 0.680. The van der Waals surface area contributed by atoms with Crippen LogP contribution in [-0.4, -0.2) is 42.6 Å². The Kier molecular flexibility index (Phi) is 9.52. The standard InChI is InChI=1S/C13H19NO2.C12H22FNO/c1-13(2,3)9-12(15)14-10-5-7-11(16-4)8-6-10;1-11(2,3)9-10(15)14-7-5-12(4,13)6-8-14/h5-8H,9H2,1-4H3,(H,14,15);5-9H2,1-4H3. The molecule has 5 nitrogen and oxygen atoms in total. The van der Waals surface area contributed by atoms with E-state index >= 15 is 0 Å². The number of rotatable bonds is 4. The molecule has 0 aromatic heterocycles. The van der Waals surface area contributed by atoms with Gasteiger partial charge in [0.15, 0.2) is 0 Å². The van der Waals surface area contributed by atoms with Crippen LogP contribution in [0.15, 0.2) is 24.3 Å². The van der Waals surface area contributed by atoms with Gasteiger partial charge in [0.05, 0.1) is 7.11 Å². The lowest BCUT2D eigenvalue weighted by Gasteiger charge is -2.35. The molecule has 0 bridgehead atoms. The number of carbonyl (C=O) groups is 2. The van der Waals surface area contributed by atoms with Crippen LogP contribution in [0.1, 0.15) is 74.1 Å². The third-order valence-electron chi connectivity index (χ3n) is 4.90. The predicted molar refractivity (Wildman–Crippen MR) is 125 cm³/mol. The summed E-state index contributed by atoms with van der Waals surface area (Å²) in [7, 11) is 1.62. The molecule has 0 spiro atoms. The van der Waals surface area contributed by atoms with Gasteiger partial charge in [0, 0.05) is 31.6 Å². The number of methoxy groups -OCH3 is 1. The number of nitrogens with one attached hydrogen (secondary N) is 1. The Morgan fingerprint density at radius 2 is 1.48 bits per heavy atom. The van der Waals surface area contributed by atoms with Gasteiger partial charge in [0.2, 0.25) is 11.8 Å². The second-order valence-electron chi connectivity index (χ2n) is 11.0. The predicted octanol–water partition coefficient (Wildman–Crippen LogP) is 5.84. The summed E-state index contributed by atoms with van der Waals surface area (Å²) in [5, 5.41) is 2.86. The normalized spacial score (nSPS) is 16.1. The summed E-state index contributed by atoms with van der Waals surface area (Å²) < 4.78 is 18.5. The van der Waals surface area contributed by atoms with Crippen LogP contribution in [0.4, 0.5) is 10.1 Å². The number of hydrogen-bond acceptors (Lipinski definition) is 3. The molecule has 0 saturated carbocycles. The lowest BCUT2D eigenvalue weighted by Crippen LogP contribution is -2.44. The van der Waals surface area contributed by atoms with Crippen LogP contribution in [0.3, 0.4) is 0 Å². The third kappa shape index (κ3) is 11.7. The van der Waals surface area contributed by atoms with Crippen molar-refractivity contribution in [1.29, 1.82) is 0 Å². The molecule has 2 rings (SSSR count). The highest BCUT2D eigenvalue weighted by Gasteiger charge is 2.32. The van der Waals surface area contributed by atoms with Crippen molar-refractivity contribution in [2.45, 2.75) is 79.8 Å². The summed E-state index contributed by atoms with van der Waals surface area (Å²) in [5.74, 6) is 0.990. The summed E-state index contributed by atoms with van der Waals surface area (Å²) in [6, 6.07) is 7.32. The van der Waals surface area contributed by atoms with Crippen molar-refractivity contribution >= 4 is 17.5 Å². The van der Waals surface area contributed by atoms with Gasteiger partial charge in [0.1, 0.15) is 11.4 Å². The number of nitrogens with zero attached hydrogens (tertiary/aromatic N) is 1. The first-order valence-electron chi connectivity index (χ1n) is 11.0. The molecule has 31 heavy (non-hydrogen) atoms. The summed E-state index contributed by atoms with van der Waals surface area (Å²) in [5.41, 5.74) is -0.238. The van der Waals surface area contributed by atoms with Gasteiger partial charge in [-0.2, -0.15) is 0 Å². The molecule has 0 atom stereocenters. The molecular weight excluding hydrogens is 395 g/mol. The van der Waals surface area contributed by atoms with E-state index in [9.17, 15) is 14.0 Å². The SMILES string of the molecule is CC(C)(C)CC(=O)N1CCC(C)(F)CC1.COc1ccc(NC(=O)CC(C)(C)C)cc1. The molecule has 1 heterocycles. The molecule has 1 aliphatic rings. The Balaban J connectivity index is 0.000000311. The first-order valence-corrected chi connectivity index (χ1v) is 11.0. The molecule has 2 amide bonds. The van der Waals surface area contributed by atoms with Gasteiger partial charge in [-0.1, -0.05) is 41.5 Å². The molecule has 0 radical (unpaired) electrons. The van der Waals surface area contributed by atoms with E-state index in [0.29, 0.717) is 38.8 Å². The number of halogens is 1. The van der Waals surface area contributed by atoms with E-state index in [1.54, 1.807) is 18.9 Å². The van der Waals surface area contributed by atoms with Crippen LogP contribution in [0.25, 0.3) is 0 Å². The first kappa shape index (κ1) is 26.9. The molecule has 1 saturated heterocycles. The van der Waals surface area contributed by atoms with Crippen LogP contribution < -0.4 is 10.1 Å². The molecule has 1 fully saturated rings. The summed E-state index contributed by atoms with van der Waals surface area (Å²) in [4.78, 5) is 25.3. The third-order valence-corrected chi connectivity index (χ3v) is 4.90. The number of benzene rings is 1. The van der Waals surface area contributed by atoms with Gasteiger partial charge in [0.25, 0.3) is 0 Å². The van der Waals surface area contributed by atoms with Gasteiger partial charge in [-0.25, -0.2) is 4.39 Å². The minimum atomic E-state index is -1.07. The quantitative estimate of drug-likeness (QED) is 0.645. The van der Waals surface area contributed by atoms with Crippen LogP contribution >= 0.6 is 0 Å². The van der Waals surface area contributed by atoms with Gasteiger partial charge in [-0.05, 0) is 54.9 Å². The van der Waals surface area contributed by atoms with Crippen molar-refractivity contribution in [3.05, 3.63) is 24.3 Å². The van der Waals surface area contributed by atoms with Crippen molar-refractivity contribution in [2.75, 3.05) is 25.5 Å². The van der Waals surface area contributed by atoms with Crippen molar-refractivity contribution in [2.24, 2.45) is 10.8 Å². The average molecular weight is 437 g/mol. The van der Waals surface area contributed by atoms with Crippen molar-refractivity contribution in [1.82, 2.24) is 4.90 Å². The second-order valence-corrected chi connectivity index (χ2v) is 11.0. The maximum Gasteiger partial charge on any atom is 0.224 e. The lowest BCUT2D eigenvalue weighted by molar-refractivity contribution is -0.135. The molecule has 1 aromatic carbocycles. The lowest BCUT2D eigenvalue weighted by atomic mass is 9.90. The smallest absolute Gasteiger partial charge is 0.224 e. The van der Waals surface area contributed by atoms with E-state index in [1.165, 1.54) is 0 Å². The maximum atomic E-state index is 13.5. The monoisotopic (exact) mass is 436 g/mol. The maximum absolute atomic E-state index is 13.5. The molecule has 1 aliphatic heterocycles. The van der Waals surface area contributed by atoms with Crippen LogP contribution in [0.2, 0.25) is 0 Å². The highest BCUT2D eigenvalue weighted by Crippen LogP contribution is 2.27. The van der Waals surface area contributed by atoms with Crippen molar-refractivity contribution < 1.29 is 18.7 Å². The van der Waals surface area contributed by atoms with E-state index in [0.717, 1.165) is 11.4 Å². The number of hydrogen-bond donors (Lipinski definition) is 1. The Labute approximate surface area is 187 Å². The number of ether oxygens (including phenoxy) is 1. The molecule has 176 valence electrons. The van der Waals surface area contributed by atoms with E-state index in [2.05, 4.69) is 5.32 Å². The summed E-state index contributed by atoms with van der Waals surface area (Å²) in [6.07, 6.45) is 2.01. The number of anilines is 1. The Morgan fingerprint density at radius 1 is 1.00 bits per heavy atom. The van der Waals surface area contributed by atoms with E-state index in [4.69, 9.17) is 4.74 Å². The number of amides is 2. The molecular formula is C25H41FN2O3. The molecule has 1 aromatic rings. The zero-order chi connectivity index (χ0) is 23.9. The molecule has 6 heteroatoms. The number of piperidine rings is 1. The average Bonchev–Trinajstić information content (AvgIpc) is 2.59. The van der Waals surface area contributed by atoms with Crippen LogP contribution in [0.5, 0.6) is 5.75 Å². The van der Waals surface area contributed by atoms with Gasteiger partial charge in [-0.3, -0.25) is 9.59 Å². The summed E-state index contributed by atoms with van der Waals surface area (Å²) >= 11 is 0. The van der Waals surface area contributed by atoms with Crippen molar-refractivity contribution in [3.8, 4) is 5.75 Å². The van der Waals surface area contributed by atoms with Crippen LogP contribution in [-0.2, 0) is 9.59 Å². The zero-order valence-electron chi connectivity index (χ0n) is 20.6. The van der Waals surface area contributed by atoms with E-state index in [1.807, 2.05) is 65.8 Å². The number of carbonyl (C=O) groups excluding carboxylic acids is 2. The molecule has 1 N–H and O–H groups in total. The molecule has 0 unspecified atom stereocenters. The highest BCUT2D eigenvalue weighted by atomic mass is 19.1.